The molecule has 30 heavy (non-hydrogen) atoms. The molecular formula is C25H39NO4. The van der Waals surface area contributed by atoms with E-state index in [2.05, 4.69) is 52.1 Å². The number of aliphatic hydroxyl groups excluding tert-OH is 1. The van der Waals surface area contributed by atoms with E-state index in [4.69, 9.17) is 4.74 Å². The maximum atomic E-state index is 14.0. The molecule has 1 amide bonds. The van der Waals surface area contributed by atoms with Gasteiger partial charge in [0.2, 0.25) is 5.91 Å². The first kappa shape index (κ1) is 23.2. The maximum absolute atomic E-state index is 14.0. The number of nitrogens with one attached hydrogen (secondary N) is 1. The molecule has 0 aromatic heterocycles. The minimum atomic E-state index is -1.12. The van der Waals surface area contributed by atoms with Crippen molar-refractivity contribution >= 4 is 11.7 Å². The smallest absolute Gasteiger partial charge is 0.235 e. The Morgan fingerprint density at radius 3 is 2.60 bits per heavy atom. The summed E-state index contributed by atoms with van der Waals surface area (Å²) in [7, 11) is 1.54. The van der Waals surface area contributed by atoms with Gasteiger partial charge in [0, 0.05) is 31.4 Å². The zero-order valence-electron chi connectivity index (χ0n) is 19.4. The van der Waals surface area contributed by atoms with Crippen molar-refractivity contribution in [2.75, 3.05) is 7.11 Å². The molecule has 1 saturated heterocycles. The summed E-state index contributed by atoms with van der Waals surface area (Å²) < 4.78 is 5.54. The Morgan fingerprint density at radius 1 is 1.27 bits per heavy atom. The van der Waals surface area contributed by atoms with E-state index >= 15 is 0 Å². The SMILES string of the molecule is CO[C@@H]1CC(=O)[C@@]23C(=O)N[C@@H](CC(C)C)[C@H]2[C@H](C)C(C)=C[C@@H]3/C=C(/C)CCC[C@@H]1O. The van der Waals surface area contributed by atoms with E-state index in [0.29, 0.717) is 12.3 Å². The molecule has 1 aliphatic heterocycles. The van der Waals surface area contributed by atoms with Crippen molar-refractivity contribution in [3.05, 3.63) is 23.3 Å². The van der Waals surface area contributed by atoms with Crippen LogP contribution in [0.4, 0.5) is 0 Å². The van der Waals surface area contributed by atoms with Crippen LogP contribution in [-0.4, -0.2) is 42.2 Å². The number of hydrogen-bond donors (Lipinski definition) is 2. The molecule has 168 valence electrons. The Hall–Kier alpha value is -1.46. The monoisotopic (exact) mass is 417 g/mol. The lowest BCUT2D eigenvalue weighted by atomic mass is 9.54. The Bertz CT molecular complexity index is 739. The van der Waals surface area contributed by atoms with Crippen molar-refractivity contribution in [1.29, 1.82) is 0 Å². The lowest BCUT2D eigenvalue weighted by molar-refractivity contribution is -0.148. The van der Waals surface area contributed by atoms with Gasteiger partial charge in [-0.1, -0.05) is 44.1 Å². The fourth-order valence-electron chi connectivity index (χ4n) is 6.10. The van der Waals surface area contributed by atoms with Crippen LogP contribution < -0.4 is 5.32 Å². The van der Waals surface area contributed by atoms with Gasteiger partial charge in [-0.15, -0.1) is 0 Å². The van der Waals surface area contributed by atoms with Gasteiger partial charge < -0.3 is 15.2 Å². The van der Waals surface area contributed by atoms with E-state index in [1.165, 1.54) is 11.1 Å². The molecule has 1 spiro atoms. The molecule has 0 aromatic carbocycles. The number of carbonyl (C=O) groups is 2. The molecule has 2 aliphatic carbocycles. The quantitative estimate of drug-likeness (QED) is 0.541. The van der Waals surface area contributed by atoms with Crippen LogP contribution in [0.3, 0.4) is 0 Å². The number of allylic oxidation sites excluding steroid dienone is 4. The summed E-state index contributed by atoms with van der Waals surface area (Å²) in [6.07, 6.45) is 6.21. The molecular weight excluding hydrogens is 378 g/mol. The molecule has 5 nitrogen and oxygen atoms in total. The predicted octanol–water partition coefficient (Wildman–Crippen LogP) is 3.81. The van der Waals surface area contributed by atoms with Crippen LogP contribution in [0.2, 0.25) is 0 Å². The third-order valence-corrected chi connectivity index (χ3v) is 7.72. The van der Waals surface area contributed by atoms with Crippen molar-refractivity contribution in [1.82, 2.24) is 5.32 Å². The summed E-state index contributed by atoms with van der Waals surface area (Å²) in [5, 5.41) is 13.9. The Morgan fingerprint density at radius 2 is 1.97 bits per heavy atom. The summed E-state index contributed by atoms with van der Waals surface area (Å²) in [4.78, 5) is 27.6. The molecule has 0 saturated carbocycles. The molecule has 3 rings (SSSR count). The van der Waals surface area contributed by atoms with Gasteiger partial charge in [-0.3, -0.25) is 9.59 Å². The molecule has 1 heterocycles. The molecule has 7 atom stereocenters. The van der Waals surface area contributed by atoms with Crippen LogP contribution in [-0.2, 0) is 14.3 Å². The number of amides is 1. The van der Waals surface area contributed by atoms with Crippen molar-refractivity contribution in [3.63, 3.8) is 0 Å². The van der Waals surface area contributed by atoms with Crippen LogP contribution in [0.5, 0.6) is 0 Å². The zero-order valence-corrected chi connectivity index (χ0v) is 19.4. The molecule has 5 heteroatoms. The fourth-order valence-corrected chi connectivity index (χ4v) is 6.10. The van der Waals surface area contributed by atoms with Crippen molar-refractivity contribution in [3.8, 4) is 0 Å². The molecule has 0 aromatic rings. The van der Waals surface area contributed by atoms with E-state index in [-0.39, 0.29) is 41.9 Å². The third kappa shape index (κ3) is 3.91. The summed E-state index contributed by atoms with van der Waals surface area (Å²) in [6, 6.07) is -0.0210. The highest BCUT2D eigenvalue weighted by Crippen LogP contribution is 2.55. The number of aliphatic hydroxyl groups is 1. The third-order valence-electron chi connectivity index (χ3n) is 7.72. The Labute approximate surface area is 181 Å². The van der Waals surface area contributed by atoms with Crippen LogP contribution in [0.15, 0.2) is 23.3 Å². The number of methoxy groups -OCH3 is 1. The number of carbonyl (C=O) groups excluding carboxylic acids is 2. The average molecular weight is 418 g/mol. The first-order chi connectivity index (χ1) is 14.1. The summed E-state index contributed by atoms with van der Waals surface area (Å²) >= 11 is 0. The van der Waals surface area contributed by atoms with Gasteiger partial charge >= 0.3 is 0 Å². The van der Waals surface area contributed by atoms with E-state index in [9.17, 15) is 14.7 Å². The van der Waals surface area contributed by atoms with Crippen molar-refractivity contribution in [2.45, 2.75) is 85.0 Å². The van der Waals surface area contributed by atoms with Crippen LogP contribution >= 0.6 is 0 Å². The van der Waals surface area contributed by atoms with E-state index < -0.39 is 17.6 Å². The van der Waals surface area contributed by atoms with Gasteiger partial charge in [0.05, 0.1) is 12.2 Å². The van der Waals surface area contributed by atoms with Crippen LogP contribution in [0, 0.1) is 29.1 Å². The highest BCUT2D eigenvalue weighted by Gasteiger charge is 2.65. The maximum Gasteiger partial charge on any atom is 0.235 e. The molecule has 0 bridgehead atoms. The number of Topliss-reactive ketones (excluding diaryl/α,β-unsaturated/α-hetero) is 1. The topological polar surface area (TPSA) is 75.6 Å². The van der Waals surface area contributed by atoms with Crippen LogP contribution in [0.1, 0.15) is 66.7 Å². The largest absolute Gasteiger partial charge is 0.390 e. The Kier molecular flexibility index (Phi) is 6.93. The van der Waals surface area contributed by atoms with E-state index in [0.717, 1.165) is 19.3 Å². The molecule has 3 aliphatic rings. The first-order valence-corrected chi connectivity index (χ1v) is 11.5. The molecule has 0 unspecified atom stereocenters. The minimum Gasteiger partial charge on any atom is -0.390 e. The predicted molar refractivity (Wildman–Crippen MR) is 118 cm³/mol. The number of hydrogen-bond acceptors (Lipinski definition) is 4. The lowest BCUT2D eigenvalue weighted by Gasteiger charge is -2.45. The van der Waals surface area contributed by atoms with Gasteiger partial charge in [0.25, 0.3) is 0 Å². The highest BCUT2D eigenvalue weighted by atomic mass is 16.5. The standard InChI is InChI=1S/C25H39NO4/c1-14(2)10-19-23-17(5)16(4)12-18-11-15(3)8-7-9-20(27)21(30-6)13-22(28)25(18,23)24(29)26-19/h11-12,14,17-21,23,27H,7-10,13H2,1-6H3,(H,26,29)/b15-11-/t17-,18+,19+,20+,21-,23-,25-/m1/s1. The van der Waals surface area contributed by atoms with Gasteiger partial charge in [-0.2, -0.15) is 0 Å². The van der Waals surface area contributed by atoms with Gasteiger partial charge in [0.1, 0.15) is 5.41 Å². The zero-order chi connectivity index (χ0) is 22.2. The first-order valence-electron chi connectivity index (χ1n) is 11.5. The molecule has 0 radical (unpaired) electrons. The molecule has 1 fully saturated rings. The van der Waals surface area contributed by atoms with Crippen LogP contribution in [0.25, 0.3) is 0 Å². The minimum absolute atomic E-state index is 0.0210. The lowest BCUT2D eigenvalue weighted by Crippen LogP contribution is -2.53. The van der Waals surface area contributed by atoms with Gasteiger partial charge in [0.15, 0.2) is 5.78 Å². The van der Waals surface area contributed by atoms with Gasteiger partial charge in [-0.25, -0.2) is 0 Å². The second kappa shape index (κ2) is 8.96. The second-order valence-electron chi connectivity index (χ2n) is 10.2. The van der Waals surface area contributed by atoms with E-state index in [1.54, 1.807) is 7.11 Å². The van der Waals surface area contributed by atoms with Crippen molar-refractivity contribution in [2.24, 2.45) is 29.1 Å². The average Bonchev–Trinajstić information content (AvgIpc) is 2.94. The molecule has 2 N–H and O–H groups in total. The van der Waals surface area contributed by atoms with Gasteiger partial charge in [-0.05, 0) is 51.4 Å². The summed E-state index contributed by atoms with van der Waals surface area (Å²) in [5.74, 6) is -0.0146. The fraction of sp³-hybridized carbons (Fsp3) is 0.760. The number of ketones is 1. The van der Waals surface area contributed by atoms with Crippen molar-refractivity contribution < 1.29 is 19.4 Å². The summed E-state index contributed by atoms with van der Waals surface area (Å²) in [6.45, 7) is 10.7. The second-order valence-corrected chi connectivity index (χ2v) is 10.2. The Balaban J connectivity index is 2.18. The number of ether oxygens (including phenoxy) is 1. The normalized spacial score (nSPS) is 41.9. The van der Waals surface area contributed by atoms with E-state index in [1.807, 2.05) is 0 Å². The number of rotatable bonds is 3. The highest BCUT2D eigenvalue weighted by molar-refractivity contribution is 6.09. The summed E-state index contributed by atoms with van der Waals surface area (Å²) in [5.41, 5.74) is 1.30.